The van der Waals surface area contributed by atoms with Crippen LogP contribution in [0.5, 0.6) is 0 Å². The predicted octanol–water partition coefficient (Wildman–Crippen LogP) is 3.65. The van der Waals surface area contributed by atoms with Gasteiger partial charge in [0.2, 0.25) is 11.8 Å². The molecule has 0 saturated carbocycles. The quantitative estimate of drug-likeness (QED) is 0.527. The van der Waals surface area contributed by atoms with Crippen molar-refractivity contribution in [3.63, 3.8) is 0 Å². The highest BCUT2D eigenvalue weighted by Crippen LogP contribution is 2.41. The van der Waals surface area contributed by atoms with Crippen molar-refractivity contribution in [3.8, 4) is 0 Å². The first-order valence-corrected chi connectivity index (χ1v) is 10.9. The number of nitrogens with one attached hydrogen (secondary N) is 1. The first-order chi connectivity index (χ1) is 13.6. The molecule has 1 N–H and O–H groups in total. The number of carbonyl (C=O) groups is 2. The first kappa shape index (κ1) is 17.6. The molecule has 6 nitrogen and oxygen atoms in total. The third kappa shape index (κ3) is 2.87. The molecule has 1 aliphatic carbocycles. The standard InChI is InChI=1S/C20H18N4O2S2/c1-11(20(26)24-9-16(25)23-13-6-2-3-7-14(13)24)27-18-17-12-5-4-8-15(12)28-19(17)22-10-21-18/h2-3,6-7,10-11H,4-5,8-9H2,1H3,(H,23,25)/t11-/m1/s1. The smallest absolute Gasteiger partial charge is 0.244 e. The van der Waals surface area contributed by atoms with Crippen molar-refractivity contribution < 1.29 is 9.59 Å². The van der Waals surface area contributed by atoms with E-state index < -0.39 is 0 Å². The van der Waals surface area contributed by atoms with E-state index in [0.29, 0.717) is 5.69 Å². The summed E-state index contributed by atoms with van der Waals surface area (Å²) >= 11 is 3.20. The van der Waals surface area contributed by atoms with Crippen molar-refractivity contribution >= 4 is 56.5 Å². The van der Waals surface area contributed by atoms with Crippen LogP contribution in [0.15, 0.2) is 35.6 Å². The summed E-state index contributed by atoms with van der Waals surface area (Å²) < 4.78 is 0. The Hall–Kier alpha value is -2.45. The van der Waals surface area contributed by atoms with Gasteiger partial charge < -0.3 is 5.32 Å². The SMILES string of the molecule is C[C@@H](Sc1ncnc2sc3c(c12)CCC3)C(=O)N1CC(=O)Nc2ccccc21. The lowest BCUT2D eigenvalue weighted by atomic mass is 10.2. The number of para-hydroxylation sites is 2. The number of aryl methyl sites for hydroxylation is 2. The van der Waals surface area contributed by atoms with Crippen LogP contribution in [0, 0.1) is 0 Å². The number of hydrogen-bond acceptors (Lipinski definition) is 6. The van der Waals surface area contributed by atoms with Gasteiger partial charge >= 0.3 is 0 Å². The summed E-state index contributed by atoms with van der Waals surface area (Å²) in [4.78, 5) is 38.2. The molecule has 0 saturated heterocycles. The molecule has 142 valence electrons. The van der Waals surface area contributed by atoms with Crippen LogP contribution in [-0.2, 0) is 22.4 Å². The normalized spacial score (nSPS) is 16.6. The largest absolute Gasteiger partial charge is 0.323 e. The highest BCUT2D eigenvalue weighted by molar-refractivity contribution is 8.00. The summed E-state index contributed by atoms with van der Waals surface area (Å²) in [6.45, 7) is 1.91. The van der Waals surface area contributed by atoms with E-state index in [9.17, 15) is 9.59 Å². The van der Waals surface area contributed by atoms with E-state index in [1.165, 1.54) is 28.6 Å². The Kier molecular flexibility index (Phi) is 4.32. The van der Waals surface area contributed by atoms with Crippen molar-refractivity contribution in [2.75, 3.05) is 16.8 Å². The molecule has 3 heterocycles. The lowest BCUT2D eigenvalue weighted by Gasteiger charge is -2.30. The number of benzene rings is 1. The van der Waals surface area contributed by atoms with Crippen LogP contribution in [0.2, 0.25) is 0 Å². The molecule has 28 heavy (non-hydrogen) atoms. The van der Waals surface area contributed by atoms with E-state index in [1.807, 2.05) is 31.2 Å². The van der Waals surface area contributed by atoms with Crippen LogP contribution in [0.4, 0.5) is 11.4 Å². The Bertz CT molecular complexity index is 1110. The molecule has 1 aromatic carbocycles. The Morgan fingerprint density at radius 2 is 2.14 bits per heavy atom. The van der Waals surface area contributed by atoms with Gasteiger partial charge in [-0.1, -0.05) is 23.9 Å². The van der Waals surface area contributed by atoms with Crippen LogP contribution in [0.25, 0.3) is 10.2 Å². The maximum atomic E-state index is 13.2. The minimum atomic E-state index is -0.367. The summed E-state index contributed by atoms with van der Waals surface area (Å²) in [5.41, 5.74) is 2.76. The number of amides is 2. The number of carbonyl (C=O) groups excluding carboxylic acids is 2. The molecule has 3 aromatic rings. The van der Waals surface area contributed by atoms with E-state index >= 15 is 0 Å². The van der Waals surface area contributed by atoms with Gasteiger partial charge in [-0.15, -0.1) is 11.3 Å². The van der Waals surface area contributed by atoms with Gasteiger partial charge in [0, 0.05) is 10.3 Å². The number of anilines is 2. The van der Waals surface area contributed by atoms with E-state index in [-0.39, 0.29) is 23.6 Å². The minimum absolute atomic E-state index is 0.0355. The Morgan fingerprint density at radius 1 is 1.29 bits per heavy atom. The van der Waals surface area contributed by atoms with Crippen molar-refractivity contribution in [2.45, 2.75) is 36.5 Å². The molecule has 0 radical (unpaired) electrons. The third-order valence-electron chi connectivity index (χ3n) is 5.14. The average molecular weight is 411 g/mol. The fourth-order valence-electron chi connectivity index (χ4n) is 3.86. The maximum absolute atomic E-state index is 13.2. The first-order valence-electron chi connectivity index (χ1n) is 9.24. The highest BCUT2D eigenvalue weighted by Gasteiger charge is 2.31. The molecular weight excluding hydrogens is 392 g/mol. The number of rotatable bonds is 3. The van der Waals surface area contributed by atoms with Crippen LogP contribution in [0.3, 0.4) is 0 Å². The molecule has 8 heteroatoms. The molecule has 1 atom stereocenters. The Balaban J connectivity index is 1.45. The van der Waals surface area contributed by atoms with Gasteiger partial charge in [-0.2, -0.15) is 0 Å². The second-order valence-electron chi connectivity index (χ2n) is 6.97. The summed E-state index contributed by atoms with van der Waals surface area (Å²) in [6.07, 6.45) is 4.91. The van der Waals surface area contributed by atoms with Gasteiger partial charge in [-0.05, 0) is 43.9 Å². The summed E-state index contributed by atoms with van der Waals surface area (Å²) in [5.74, 6) is -0.268. The van der Waals surface area contributed by atoms with E-state index in [2.05, 4.69) is 15.3 Å². The van der Waals surface area contributed by atoms with Crippen molar-refractivity contribution in [2.24, 2.45) is 0 Å². The average Bonchev–Trinajstić information content (AvgIpc) is 3.28. The van der Waals surface area contributed by atoms with Gasteiger partial charge in [0.05, 0.1) is 16.6 Å². The molecule has 0 bridgehead atoms. The number of thiophene rings is 1. The van der Waals surface area contributed by atoms with Gasteiger partial charge in [-0.25, -0.2) is 9.97 Å². The van der Waals surface area contributed by atoms with E-state index in [4.69, 9.17) is 0 Å². The van der Waals surface area contributed by atoms with Crippen LogP contribution < -0.4 is 10.2 Å². The second-order valence-corrected chi connectivity index (χ2v) is 9.38. The third-order valence-corrected chi connectivity index (χ3v) is 7.43. The van der Waals surface area contributed by atoms with E-state index in [0.717, 1.165) is 33.8 Å². The summed E-state index contributed by atoms with van der Waals surface area (Å²) in [5, 5.41) is 4.43. The number of hydrogen-bond donors (Lipinski definition) is 1. The summed E-state index contributed by atoms with van der Waals surface area (Å²) in [6, 6.07) is 7.39. The zero-order valence-electron chi connectivity index (χ0n) is 15.3. The van der Waals surface area contributed by atoms with Gasteiger partial charge in [-0.3, -0.25) is 14.5 Å². The van der Waals surface area contributed by atoms with Crippen molar-refractivity contribution in [1.29, 1.82) is 0 Å². The van der Waals surface area contributed by atoms with Crippen molar-refractivity contribution in [3.05, 3.63) is 41.0 Å². The zero-order valence-corrected chi connectivity index (χ0v) is 16.9. The van der Waals surface area contributed by atoms with Gasteiger partial charge in [0.15, 0.2) is 0 Å². The molecule has 2 aromatic heterocycles. The fourth-order valence-corrected chi connectivity index (χ4v) is 6.16. The van der Waals surface area contributed by atoms with Crippen LogP contribution in [-0.4, -0.2) is 33.6 Å². The number of aromatic nitrogens is 2. The molecule has 2 aliphatic rings. The van der Waals surface area contributed by atoms with E-state index in [1.54, 1.807) is 22.6 Å². The molecule has 0 unspecified atom stereocenters. The summed E-state index contributed by atoms with van der Waals surface area (Å²) in [7, 11) is 0. The minimum Gasteiger partial charge on any atom is -0.323 e. The topological polar surface area (TPSA) is 75.2 Å². The van der Waals surface area contributed by atoms with Crippen LogP contribution >= 0.6 is 23.1 Å². The molecule has 1 aliphatic heterocycles. The molecule has 5 rings (SSSR count). The van der Waals surface area contributed by atoms with Gasteiger partial charge in [0.1, 0.15) is 22.7 Å². The highest BCUT2D eigenvalue weighted by atomic mass is 32.2. The fraction of sp³-hybridized carbons (Fsp3) is 0.300. The Labute approximate surface area is 170 Å². The lowest BCUT2D eigenvalue weighted by molar-refractivity contribution is -0.121. The molecular formula is C20H18N4O2S2. The lowest BCUT2D eigenvalue weighted by Crippen LogP contribution is -2.45. The Morgan fingerprint density at radius 3 is 3.04 bits per heavy atom. The molecule has 2 amide bonds. The van der Waals surface area contributed by atoms with Crippen LogP contribution in [0.1, 0.15) is 23.8 Å². The molecule has 0 spiro atoms. The second kappa shape index (κ2) is 6.86. The maximum Gasteiger partial charge on any atom is 0.244 e. The molecule has 0 fully saturated rings. The monoisotopic (exact) mass is 410 g/mol. The predicted molar refractivity (Wildman–Crippen MR) is 112 cm³/mol. The zero-order chi connectivity index (χ0) is 19.3. The van der Waals surface area contributed by atoms with Crippen molar-refractivity contribution in [1.82, 2.24) is 9.97 Å². The number of nitrogens with zero attached hydrogens (tertiary/aromatic N) is 3. The number of fused-ring (bicyclic) bond motifs is 4. The van der Waals surface area contributed by atoms with Gasteiger partial charge in [0.25, 0.3) is 0 Å². The number of thioether (sulfide) groups is 1.